The predicted molar refractivity (Wildman–Crippen MR) is 81.4 cm³/mol. The smallest absolute Gasteiger partial charge is 0.186 e. The second-order valence-electron chi connectivity index (χ2n) is 5.58. The molecule has 1 heterocycles. The molecule has 0 radical (unpaired) electrons. The van der Waals surface area contributed by atoms with E-state index in [-0.39, 0.29) is 17.1 Å². The van der Waals surface area contributed by atoms with Crippen LogP contribution in [-0.2, 0) is 0 Å². The van der Waals surface area contributed by atoms with Crippen molar-refractivity contribution in [3.63, 3.8) is 0 Å². The normalized spacial score (nSPS) is 16.2. The minimum absolute atomic E-state index is 0.120. The number of hydrogen-bond acceptors (Lipinski definition) is 3. The van der Waals surface area contributed by atoms with Crippen LogP contribution in [0.2, 0.25) is 0 Å². The first kappa shape index (κ1) is 16.0. The van der Waals surface area contributed by atoms with Crippen molar-refractivity contribution in [1.82, 2.24) is 4.90 Å². The van der Waals surface area contributed by atoms with E-state index in [1.54, 1.807) is 18.2 Å². The molecule has 1 aromatic rings. The fourth-order valence-corrected chi connectivity index (χ4v) is 3.40. The maximum Gasteiger partial charge on any atom is 0.186 e. The Morgan fingerprint density at radius 2 is 1.90 bits per heavy atom. The van der Waals surface area contributed by atoms with E-state index in [2.05, 4.69) is 4.90 Å². The van der Waals surface area contributed by atoms with Gasteiger partial charge in [0, 0.05) is 0 Å². The minimum atomic E-state index is -0.594. The zero-order chi connectivity index (χ0) is 15.5. The zero-order valence-electron chi connectivity index (χ0n) is 13.1. The van der Waals surface area contributed by atoms with Gasteiger partial charge in [0.2, 0.25) is 0 Å². The summed E-state index contributed by atoms with van der Waals surface area (Å²) in [7, 11) is 1.42. The summed E-state index contributed by atoms with van der Waals surface area (Å²) >= 11 is 0. The van der Waals surface area contributed by atoms with Gasteiger partial charge in [0.25, 0.3) is 0 Å². The van der Waals surface area contributed by atoms with Gasteiger partial charge in [-0.2, -0.15) is 0 Å². The fourth-order valence-electron chi connectivity index (χ4n) is 3.40. The van der Waals surface area contributed by atoms with Crippen LogP contribution in [0.5, 0.6) is 5.75 Å². The zero-order valence-corrected chi connectivity index (χ0v) is 13.1. The molecule has 1 aliphatic heterocycles. The van der Waals surface area contributed by atoms with Gasteiger partial charge in [0.1, 0.15) is 0 Å². The summed E-state index contributed by atoms with van der Waals surface area (Å²) in [6, 6.07) is 4.78. The lowest BCUT2D eigenvalue weighted by molar-refractivity contribution is 0.0576. The molecular formula is C17H24FNO2. The highest BCUT2D eigenvalue weighted by molar-refractivity contribution is 6.03. The van der Waals surface area contributed by atoms with Gasteiger partial charge in [0.15, 0.2) is 17.3 Å². The molecule has 1 aromatic carbocycles. The van der Waals surface area contributed by atoms with Crippen molar-refractivity contribution in [2.24, 2.45) is 0 Å². The van der Waals surface area contributed by atoms with Gasteiger partial charge in [0.05, 0.1) is 18.2 Å². The van der Waals surface area contributed by atoms with Crippen LogP contribution in [0, 0.1) is 5.82 Å². The van der Waals surface area contributed by atoms with Gasteiger partial charge in [-0.1, -0.05) is 19.9 Å². The Labute approximate surface area is 126 Å². The van der Waals surface area contributed by atoms with Crippen molar-refractivity contribution < 1.29 is 13.9 Å². The number of ether oxygens (including phenoxy) is 1. The molecule has 0 spiro atoms. The Balaban J connectivity index is 2.43. The summed E-state index contributed by atoms with van der Waals surface area (Å²) in [5, 5.41) is 0. The predicted octanol–water partition coefficient (Wildman–Crippen LogP) is 3.67. The Bertz CT molecular complexity index is 506. The highest BCUT2D eigenvalue weighted by atomic mass is 19.1. The summed E-state index contributed by atoms with van der Waals surface area (Å²) in [6.45, 7) is 5.85. The maximum absolute atomic E-state index is 14.4. The van der Waals surface area contributed by atoms with Gasteiger partial charge < -0.3 is 4.74 Å². The van der Waals surface area contributed by atoms with E-state index in [4.69, 9.17) is 4.74 Å². The molecule has 21 heavy (non-hydrogen) atoms. The fraction of sp³-hybridized carbons (Fsp3) is 0.588. The number of benzene rings is 1. The van der Waals surface area contributed by atoms with Gasteiger partial charge in [-0.25, -0.2) is 4.39 Å². The summed E-state index contributed by atoms with van der Waals surface area (Å²) in [6.07, 6.45) is 3.60. The first-order chi connectivity index (χ1) is 10.1. The lowest BCUT2D eigenvalue weighted by atomic mass is 9.82. The molecular weight excluding hydrogens is 269 g/mol. The molecule has 0 amide bonds. The van der Waals surface area contributed by atoms with Crippen molar-refractivity contribution in [1.29, 1.82) is 0 Å². The van der Waals surface area contributed by atoms with Crippen molar-refractivity contribution in [2.75, 3.05) is 20.2 Å². The average molecular weight is 293 g/mol. The number of hydrogen-bond donors (Lipinski definition) is 0. The summed E-state index contributed by atoms with van der Waals surface area (Å²) < 4.78 is 19.4. The molecule has 1 aliphatic rings. The Morgan fingerprint density at radius 1 is 1.29 bits per heavy atom. The number of rotatable bonds is 6. The van der Waals surface area contributed by atoms with Crippen molar-refractivity contribution in [3.05, 3.63) is 29.6 Å². The SMILES string of the molecule is CCC(CC)(C(=O)c1cccc(OC)c1F)N1CCCC1. The van der Waals surface area contributed by atoms with Crippen molar-refractivity contribution >= 4 is 5.78 Å². The molecule has 0 bridgehead atoms. The molecule has 0 N–H and O–H groups in total. The number of carbonyl (C=O) groups is 1. The van der Waals surface area contributed by atoms with Gasteiger partial charge in [-0.3, -0.25) is 9.69 Å². The molecule has 0 saturated carbocycles. The van der Waals surface area contributed by atoms with Crippen LogP contribution in [0.25, 0.3) is 0 Å². The minimum Gasteiger partial charge on any atom is -0.494 e. The first-order valence-corrected chi connectivity index (χ1v) is 7.73. The molecule has 0 unspecified atom stereocenters. The van der Waals surface area contributed by atoms with E-state index in [0.717, 1.165) is 25.9 Å². The maximum atomic E-state index is 14.4. The van der Waals surface area contributed by atoms with Crippen LogP contribution in [0.4, 0.5) is 4.39 Å². The molecule has 116 valence electrons. The largest absolute Gasteiger partial charge is 0.494 e. The third kappa shape index (κ3) is 2.69. The number of Topliss-reactive ketones (excluding diaryl/α,β-unsaturated/α-hetero) is 1. The Morgan fingerprint density at radius 3 is 2.43 bits per heavy atom. The number of ketones is 1. The lowest BCUT2D eigenvalue weighted by Gasteiger charge is -2.39. The lowest BCUT2D eigenvalue weighted by Crippen LogP contribution is -2.53. The van der Waals surface area contributed by atoms with Crippen LogP contribution in [0.3, 0.4) is 0 Å². The highest BCUT2D eigenvalue weighted by Gasteiger charge is 2.43. The molecule has 0 aromatic heterocycles. The van der Waals surface area contributed by atoms with Gasteiger partial charge >= 0.3 is 0 Å². The third-order valence-corrected chi connectivity index (χ3v) is 4.73. The topological polar surface area (TPSA) is 29.5 Å². The number of likely N-dealkylation sites (tertiary alicyclic amines) is 1. The van der Waals surface area contributed by atoms with Crippen LogP contribution >= 0.6 is 0 Å². The number of carbonyl (C=O) groups excluding carboxylic acids is 1. The number of nitrogens with zero attached hydrogens (tertiary/aromatic N) is 1. The van der Waals surface area contributed by atoms with E-state index < -0.39 is 11.4 Å². The van der Waals surface area contributed by atoms with Crippen LogP contribution in [0.1, 0.15) is 49.9 Å². The van der Waals surface area contributed by atoms with Crippen LogP contribution in [0.15, 0.2) is 18.2 Å². The molecule has 0 aliphatic carbocycles. The van der Waals surface area contributed by atoms with E-state index >= 15 is 0 Å². The van der Waals surface area contributed by atoms with E-state index in [0.29, 0.717) is 12.8 Å². The van der Waals surface area contributed by atoms with Gasteiger partial charge in [-0.05, 0) is 50.9 Å². The quantitative estimate of drug-likeness (QED) is 0.749. The third-order valence-electron chi connectivity index (χ3n) is 4.73. The average Bonchev–Trinajstić information content (AvgIpc) is 3.04. The molecule has 2 rings (SSSR count). The molecule has 1 fully saturated rings. The van der Waals surface area contributed by atoms with Crippen molar-refractivity contribution in [3.8, 4) is 5.75 Å². The number of methoxy groups -OCH3 is 1. The standard InChI is InChI=1S/C17H24FNO2/c1-4-17(5-2,19-11-6-7-12-19)16(20)13-9-8-10-14(21-3)15(13)18/h8-10H,4-7,11-12H2,1-3H3. The molecule has 4 heteroatoms. The summed E-state index contributed by atoms with van der Waals surface area (Å²) in [5.74, 6) is -0.537. The van der Waals surface area contributed by atoms with Crippen molar-refractivity contribution in [2.45, 2.75) is 45.1 Å². The molecule has 0 atom stereocenters. The summed E-state index contributed by atoms with van der Waals surface area (Å²) in [5.41, 5.74) is -0.450. The molecule has 3 nitrogen and oxygen atoms in total. The second kappa shape index (κ2) is 6.56. The van der Waals surface area contributed by atoms with Crippen LogP contribution < -0.4 is 4.74 Å². The molecule has 1 saturated heterocycles. The van der Waals surface area contributed by atoms with E-state index in [9.17, 15) is 9.18 Å². The Hall–Kier alpha value is -1.42. The van der Waals surface area contributed by atoms with E-state index in [1.807, 2.05) is 13.8 Å². The summed E-state index contributed by atoms with van der Waals surface area (Å²) in [4.78, 5) is 15.3. The number of halogens is 1. The first-order valence-electron chi connectivity index (χ1n) is 7.73. The Kier molecular flexibility index (Phi) is 4.99. The van der Waals surface area contributed by atoms with Gasteiger partial charge in [-0.15, -0.1) is 0 Å². The van der Waals surface area contributed by atoms with Crippen LogP contribution in [-0.4, -0.2) is 36.4 Å². The van der Waals surface area contributed by atoms with E-state index in [1.165, 1.54) is 7.11 Å². The second-order valence-corrected chi connectivity index (χ2v) is 5.58. The highest BCUT2D eigenvalue weighted by Crippen LogP contribution is 2.33. The monoisotopic (exact) mass is 293 g/mol.